The highest BCUT2D eigenvalue weighted by Crippen LogP contribution is 2.21. The first kappa shape index (κ1) is 16.4. The molecule has 128 valence electrons. The maximum absolute atomic E-state index is 12.2. The molecule has 1 aromatic carbocycles. The van der Waals surface area contributed by atoms with Gasteiger partial charge in [0.1, 0.15) is 12.4 Å². The van der Waals surface area contributed by atoms with E-state index in [1.807, 2.05) is 24.3 Å². The summed E-state index contributed by atoms with van der Waals surface area (Å²) < 4.78 is 12.2. The van der Waals surface area contributed by atoms with Crippen molar-refractivity contribution < 1.29 is 19.4 Å². The minimum absolute atomic E-state index is 0.0337. The van der Waals surface area contributed by atoms with Crippen molar-refractivity contribution in [3.8, 4) is 5.75 Å². The summed E-state index contributed by atoms with van der Waals surface area (Å²) >= 11 is 0. The normalized spacial score (nSPS) is 20.3. The van der Waals surface area contributed by atoms with Crippen LogP contribution in [0.15, 0.2) is 36.7 Å². The average Bonchev–Trinajstić information content (AvgIpc) is 3.24. The van der Waals surface area contributed by atoms with Gasteiger partial charge in [-0.3, -0.25) is 4.79 Å². The molecule has 0 bridgehead atoms. The summed E-state index contributed by atoms with van der Waals surface area (Å²) in [5, 5.41) is 17.7. The van der Waals surface area contributed by atoms with Crippen molar-refractivity contribution in [2.75, 3.05) is 26.8 Å². The highest BCUT2D eigenvalue weighted by Gasteiger charge is 2.35. The lowest BCUT2D eigenvalue weighted by atomic mass is 10.2. The molecule has 2 atom stereocenters. The third-order valence-electron chi connectivity index (χ3n) is 4.02. The van der Waals surface area contributed by atoms with Crippen molar-refractivity contribution in [2.24, 2.45) is 0 Å². The first-order valence-electron chi connectivity index (χ1n) is 7.69. The molecule has 8 heteroatoms. The van der Waals surface area contributed by atoms with Gasteiger partial charge in [-0.25, -0.2) is 4.68 Å². The predicted octanol–water partition coefficient (Wildman–Crippen LogP) is 0.248. The van der Waals surface area contributed by atoms with E-state index < -0.39 is 6.10 Å². The molecular weight excluding hydrogens is 312 g/mol. The number of hydrogen-bond donors (Lipinski definition) is 1. The zero-order valence-corrected chi connectivity index (χ0v) is 13.4. The molecule has 0 spiro atoms. The Labute approximate surface area is 139 Å². The lowest BCUT2D eigenvalue weighted by Gasteiger charge is -2.16. The number of hydrogen-bond acceptors (Lipinski definition) is 6. The maximum Gasteiger partial charge on any atom is 0.248 e. The summed E-state index contributed by atoms with van der Waals surface area (Å²) in [6.07, 6.45) is 2.57. The molecule has 1 aliphatic rings. The minimum Gasteiger partial charge on any atom is -0.497 e. The standard InChI is InChI=1S/C16H20N4O4/c1-23-13-4-2-3-12(7-13)10-24-11-16(22)19-8-14(15(21)9-19)20-6-5-17-18-20/h2-7,14-15,21H,8-11H2,1H3/t14-,15-/m1/s1. The van der Waals surface area contributed by atoms with Gasteiger partial charge in [0.2, 0.25) is 5.91 Å². The molecule has 2 heterocycles. The molecule has 1 aliphatic heterocycles. The number of nitrogens with zero attached hydrogens (tertiary/aromatic N) is 4. The van der Waals surface area contributed by atoms with Gasteiger partial charge >= 0.3 is 0 Å². The van der Waals surface area contributed by atoms with Gasteiger partial charge in [0.15, 0.2) is 0 Å². The quantitative estimate of drug-likeness (QED) is 0.815. The van der Waals surface area contributed by atoms with E-state index in [2.05, 4.69) is 10.3 Å². The van der Waals surface area contributed by atoms with Crippen LogP contribution in [-0.2, 0) is 16.1 Å². The van der Waals surface area contributed by atoms with Crippen LogP contribution in [0, 0.1) is 0 Å². The highest BCUT2D eigenvalue weighted by atomic mass is 16.5. The Bertz CT molecular complexity index is 676. The number of methoxy groups -OCH3 is 1. The monoisotopic (exact) mass is 332 g/mol. The van der Waals surface area contributed by atoms with Crippen LogP contribution in [0.2, 0.25) is 0 Å². The van der Waals surface area contributed by atoms with Crippen LogP contribution in [0.5, 0.6) is 5.75 Å². The topological polar surface area (TPSA) is 89.7 Å². The Balaban J connectivity index is 1.49. The molecule has 8 nitrogen and oxygen atoms in total. The largest absolute Gasteiger partial charge is 0.497 e. The lowest BCUT2D eigenvalue weighted by molar-refractivity contribution is -0.135. The summed E-state index contributed by atoms with van der Waals surface area (Å²) in [6.45, 7) is 0.956. The fraction of sp³-hybridized carbons (Fsp3) is 0.438. The molecule has 0 saturated carbocycles. The molecule has 24 heavy (non-hydrogen) atoms. The molecule has 1 aromatic heterocycles. The number of β-amino-alcohol motifs (C(OH)–C–C–N with tert-alkyl or cyclic N) is 1. The number of rotatable bonds is 6. The Morgan fingerprint density at radius 2 is 2.29 bits per heavy atom. The average molecular weight is 332 g/mol. The van der Waals surface area contributed by atoms with Gasteiger partial charge in [0.25, 0.3) is 0 Å². The zero-order valence-electron chi connectivity index (χ0n) is 13.4. The zero-order chi connectivity index (χ0) is 16.9. The first-order chi connectivity index (χ1) is 11.7. The van der Waals surface area contributed by atoms with Crippen molar-refractivity contribution in [2.45, 2.75) is 18.8 Å². The summed E-state index contributed by atoms with van der Waals surface area (Å²) in [4.78, 5) is 13.8. The molecule has 3 rings (SSSR count). The number of aromatic nitrogens is 3. The molecule has 0 radical (unpaired) electrons. The van der Waals surface area contributed by atoms with Gasteiger partial charge in [-0.05, 0) is 17.7 Å². The van der Waals surface area contributed by atoms with Crippen LogP contribution >= 0.6 is 0 Å². The van der Waals surface area contributed by atoms with E-state index in [0.717, 1.165) is 11.3 Å². The number of amides is 1. The van der Waals surface area contributed by atoms with Crippen molar-refractivity contribution in [1.29, 1.82) is 0 Å². The summed E-state index contributed by atoms with van der Waals surface area (Å²) in [5.74, 6) is 0.598. The van der Waals surface area contributed by atoms with Crippen molar-refractivity contribution in [3.63, 3.8) is 0 Å². The van der Waals surface area contributed by atoms with Crippen LogP contribution in [0.1, 0.15) is 11.6 Å². The number of aliphatic hydroxyl groups is 1. The Hall–Kier alpha value is -2.45. The number of carbonyl (C=O) groups excluding carboxylic acids is 1. The van der Waals surface area contributed by atoms with E-state index in [1.165, 1.54) is 0 Å². The molecular formula is C16H20N4O4. The molecule has 1 amide bonds. The minimum atomic E-state index is -0.658. The van der Waals surface area contributed by atoms with Crippen LogP contribution < -0.4 is 4.74 Å². The first-order valence-corrected chi connectivity index (χ1v) is 7.69. The number of aliphatic hydroxyl groups excluding tert-OH is 1. The highest BCUT2D eigenvalue weighted by molar-refractivity contribution is 5.77. The summed E-state index contributed by atoms with van der Waals surface area (Å²) in [7, 11) is 1.60. The summed E-state index contributed by atoms with van der Waals surface area (Å²) in [6, 6.07) is 7.23. The number of carbonyl (C=O) groups is 1. The summed E-state index contributed by atoms with van der Waals surface area (Å²) in [5.41, 5.74) is 0.934. The lowest BCUT2D eigenvalue weighted by Crippen LogP contribution is -2.32. The van der Waals surface area contributed by atoms with E-state index >= 15 is 0 Å². The maximum atomic E-state index is 12.2. The van der Waals surface area contributed by atoms with Gasteiger partial charge in [0.05, 0.1) is 32.1 Å². The van der Waals surface area contributed by atoms with Gasteiger partial charge in [-0.1, -0.05) is 17.3 Å². The third-order valence-corrected chi connectivity index (χ3v) is 4.02. The van der Waals surface area contributed by atoms with Gasteiger partial charge < -0.3 is 19.5 Å². The Kier molecular flexibility index (Phi) is 5.07. The fourth-order valence-electron chi connectivity index (χ4n) is 2.74. The predicted molar refractivity (Wildman–Crippen MR) is 84.3 cm³/mol. The van der Waals surface area contributed by atoms with Crippen LogP contribution in [-0.4, -0.2) is 63.8 Å². The molecule has 1 N–H and O–H groups in total. The number of benzene rings is 1. The van der Waals surface area contributed by atoms with Crippen LogP contribution in [0.25, 0.3) is 0 Å². The van der Waals surface area contributed by atoms with Gasteiger partial charge in [-0.15, -0.1) is 5.10 Å². The van der Waals surface area contributed by atoms with Crippen LogP contribution in [0.4, 0.5) is 0 Å². The van der Waals surface area contributed by atoms with Crippen molar-refractivity contribution in [3.05, 3.63) is 42.2 Å². The molecule has 1 saturated heterocycles. The number of likely N-dealkylation sites (tertiary alicyclic amines) is 1. The third kappa shape index (κ3) is 3.72. The smallest absolute Gasteiger partial charge is 0.248 e. The Morgan fingerprint density at radius 1 is 1.42 bits per heavy atom. The molecule has 1 fully saturated rings. The SMILES string of the molecule is COc1cccc(COCC(=O)N2C[C@@H](O)[C@H](n3ccnn3)C2)c1. The molecule has 0 aliphatic carbocycles. The van der Waals surface area contributed by atoms with Crippen LogP contribution in [0.3, 0.4) is 0 Å². The number of ether oxygens (including phenoxy) is 2. The van der Waals surface area contributed by atoms with Crippen molar-refractivity contribution >= 4 is 5.91 Å². The Morgan fingerprint density at radius 3 is 3.04 bits per heavy atom. The molecule has 2 aromatic rings. The second-order valence-electron chi connectivity index (χ2n) is 5.66. The van der Waals surface area contributed by atoms with E-state index in [9.17, 15) is 9.90 Å². The van der Waals surface area contributed by atoms with Gasteiger partial charge in [-0.2, -0.15) is 0 Å². The van der Waals surface area contributed by atoms with E-state index in [4.69, 9.17) is 9.47 Å². The van der Waals surface area contributed by atoms with E-state index in [1.54, 1.807) is 29.1 Å². The van der Waals surface area contributed by atoms with Crippen molar-refractivity contribution in [1.82, 2.24) is 19.9 Å². The molecule has 0 unspecified atom stereocenters. The van der Waals surface area contributed by atoms with E-state index in [-0.39, 0.29) is 25.1 Å². The fourth-order valence-corrected chi connectivity index (χ4v) is 2.74. The van der Waals surface area contributed by atoms with Gasteiger partial charge in [0, 0.05) is 19.3 Å². The second kappa shape index (κ2) is 7.41. The van der Waals surface area contributed by atoms with E-state index in [0.29, 0.717) is 13.2 Å². The second-order valence-corrected chi connectivity index (χ2v) is 5.66.